The van der Waals surface area contributed by atoms with Crippen LogP contribution in [0.2, 0.25) is 0 Å². The Morgan fingerprint density at radius 3 is 2.47 bits per heavy atom. The number of furan rings is 1. The second-order valence-electron chi connectivity index (χ2n) is 6.17. The van der Waals surface area contributed by atoms with Crippen LogP contribution < -0.4 is 15.5 Å². The SMILES string of the molecule is O=C(N/N=C/c1cccc(OC(=O)c2ccco2)c1)C(=O)Nc1cccc(C(F)(F)F)c1. The van der Waals surface area contributed by atoms with Crippen LogP contribution in [-0.2, 0) is 15.8 Å². The van der Waals surface area contributed by atoms with Gasteiger partial charge in [-0.3, -0.25) is 9.59 Å². The molecule has 0 aliphatic rings. The maximum absolute atomic E-state index is 12.7. The summed E-state index contributed by atoms with van der Waals surface area (Å²) in [5, 5.41) is 5.66. The Labute approximate surface area is 178 Å². The average molecular weight is 445 g/mol. The van der Waals surface area contributed by atoms with Crippen molar-refractivity contribution in [2.45, 2.75) is 6.18 Å². The van der Waals surface area contributed by atoms with Gasteiger partial charge in [0.2, 0.25) is 5.76 Å². The molecule has 0 saturated heterocycles. The fourth-order valence-electron chi connectivity index (χ4n) is 2.39. The fourth-order valence-corrected chi connectivity index (χ4v) is 2.39. The highest BCUT2D eigenvalue weighted by Gasteiger charge is 2.30. The molecule has 0 spiro atoms. The van der Waals surface area contributed by atoms with Crippen LogP contribution in [-0.4, -0.2) is 24.0 Å². The number of hydrogen-bond donors (Lipinski definition) is 2. The van der Waals surface area contributed by atoms with Crippen molar-refractivity contribution in [3.8, 4) is 5.75 Å². The van der Waals surface area contributed by atoms with Crippen LogP contribution in [0.5, 0.6) is 5.75 Å². The molecule has 0 unspecified atom stereocenters. The summed E-state index contributed by atoms with van der Waals surface area (Å²) in [6.45, 7) is 0. The first-order valence-corrected chi connectivity index (χ1v) is 8.90. The molecule has 1 aromatic heterocycles. The number of halogens is 3. The van der Waals surface area contributed by atoms with E-state index in [2.05, 4.69) is 10.4 Å². The molecule has 2 amide bonds. The summed E-state index contributed by atoms with van der Waals surface area (Å²) >= 11 is 0. The van der Waals surface area contributed by atoms with Gasteiger partial charge < -0.3 is 14.5 Å². The second-order valence-corrected chi connectivity index (χ2v) is 6.17. The number of anilines is 1. The van der Waals surface area contributed by atoms with Crippen LogP contribution >= 0.6 is 0 Å². The van der Waals surface area contributed by atoms with Crippen LogP contribution in [0, 0.1) is 0 Å². The van der Waals surface area contributed by atoms with Gasteiger partial charge in [-0.1, -0.05) is 18.2 Å². The zero-order valence-corrected chi connectivity index (χ0v) is 16.1. The third-order valence-electron chi connectivity index (χ3n) is 3.82. The van der Waals surface area contributed by atoms with E-state index in [9.17, 15) is 27.6 Å². The number of carbonyl (C=O) groups is 3. The molecule has 0 aliphatic carbocycles. The van der Waals surface area contributed by atoms with Gasteiger partial charge >= 0.3 is 24.0 Å². The first kappa shape index (κ1) is 22.3. The molecule has 0 atom stereocenters. The summed E-state index contributed by atoms with van der Waals surface area (Å²) in [6.07, 6.45) is -2.08. The highest BCUT2D eigenvalue weighted by atomic mass is 19.4. The number of benzene rings is 2. The van der Waals surface area contributed by atoms with Crippen molar-refractivity contribution in [2.75, 3.05) is 5.32 Å². The standard InChI is InChI=1S/C21H14F3N3O5/c22-21(23,24)14-5-2-6-15(11-14)26-18(28)19(29)27-25-12-13-4-1-7-16(10-13)32-20(30)17-8-3-9-31-17/h1-12H,(H,26,28)(H,27,29)/b25-12+. The van der Waals surface area contributed by atoms with Crippen LogP contribution in [0.4, 0.5) is 18.9 Å². The summed E-state index contributed by atoms with van der Waals surface area (Å²) in [6, 6.07) is 12.9. The molecule has 0 fully saturated rings. The monoisotopic (exact) mass is 445 g/mol. The summed E-state index contributed by atoms with van der Waals surface area (Å²) in [7, 11) is 0. The Balaban J connectivity index is 1.56. The van der Waals surface area contributed by atoms with Gasteiger partial charge in [0.15, 0.2) is 0 Å². The molecule has 3 aromatic rings. The van der Waals surface area contributed by atoms with Crippen LogP contribution in [0.3, 0.4) is 0 Å². The number of hydrazone groups is 1. The molecule has 1 heterocycles. The van der Waals surface area contributed by atoms with Crippen molar-refractivity contribution in [1.82, 2.24) is 5.43 Å². The minimum absolute atomic E-state index is 0.0168. The first-order valence-electron chi connectivity index (χ1n) is 8.90. The second kappa shape index (κ2) is 9.60. The predicted octanol–water partition coefficient (Wildman–Crippen LogP) is 3.61. The third-order valence-corrected chi connectivity index (χ3v) is 3.82. The predicted molar refractivity (Wildman–Crippen MR) is 106 cm³/mol. The molecule has 0 bridgehead atoms. The van der Waals surface area contributed by atoms with E-state index in [0.717, 1.165) is 12.1 Å². The number of rotatable bonds is 5. The van der Waals surface area contributed by atoms with E-state index in [1.165, 1.54) is 42.8 Å². The van der Waals surface area contributed by atoms with Crippen molar-refractivity contribution in [3.05, 3.63) is 83.8 Å². The lowest BCUT2D eigenvalue weighted by Gasteiger charge is -2.09. The number of amides is 2. The quantitative estimate of drug-likeness (QED) is 0.205. The van der Waals surface area contributed by atoms with E-state index in [1.54, 1.807) is 12.1 Å². The molecule has 0 radical (unpaired) electrons. The van der Waals surface area contributed by atoms with E-state index in [-0.39, 0.29) is 17.2 Å². The van der Waals surface area contributed by atoms with Gasteiger partial charge in [-0.05, 0) is 48.0 Å². The van der Waals surface area contributed by atoms with Crippen molar-refractivity contribution in [1.29, 1.82) is 0 Å². The zero-order chi connectivity index (χ0) is 23.1. The van der Waals surface area contributed by atoms with Crippen molar-refractivity contribution in [2.24, 2.45) is 5.10 Å². The highest BCUT2D eigenvalue weighted by molar-refractivity contribution is 6.39. The Morgan fingerprint density at radius 1 is 0.969 bits per heavy atom. The van der Waals surface area contributed by atoms with Crippen molar-refractivity contribution >= 4 is 29.7 Å². The Bertz CT molecular complexity index is 1160. The number of nitrogens with one attached hydrogen (secondary N) is 2. The highest BCUT2D eigenvalue weighted by Crippen LogP contribution is 2.30. The molecule has 32 heavy (non-hydrogen) atoms. The largest absolute Gasteiger partial charge is 0.457 e. The molecule has 2 aromatic carbocycles. The van der Waals surface area contributed by atoms with E-state index in [4.69, 9.17) is 9.15 Å². The van der Waals surface area contributed by atoms with Gasteiger partial charge in [-0.25, -0.2) is 10.2 Å². The minimum Gasteiger partial charge on any atom is -0.457 e. The Kier molecular flexibility index (Phi) is 6.68. The van der Waals surface area contributed by atoms with E-state index in [0.29, 0.717) is 11.6 Å². The third kappa shape index (κ3) is 6.05. The lowest BCUT2D eigenvalue weighted by atomic mass is 10.2. The smallest absolute Gasteiger partial charge is 0.416 e. The minimum atomic E-state index is -4.59. The molecule has 2 N–H and O–H groups in total. The Hall–Kier alpha value is -4.41. The average Bonchev–Trinajstić information content (AvgIpc) is 3.29. The van der Waals surface area contributed by atoms with Gasteiger partial charge in [-0.2, -0.15) is 18.3 Å². The number of esters is 1. The summed E-state index contributed by atoms with van der Waals surface area (Å²) in [5.41, 5.74) is 1.21. The molecular weight excluding hydrogens is 431 g/mol. The van der Waals surface area contributed by atoms with Crippen molar-refractivity contribution in [3.63, 3.8) is 0 Å². The molecule has 0 aliphatic heterocycles. The fraction of sp³-hybridized carbons (Fsp3) is 0.0476. The normalized spacial score (nSPS) is 11.2. The number of hydrogen-bond acceptors (Lipinski definition) is 6. The van der Waals surface area contributed by atoms with E-state index >= 15 is 0 Å². The molecule has 0 saturated carbocycles. The number of nitrogens with zero attached hydrogens (tertiary/aromatic N) is 1. The van der Waals surface area contributed by atoms with Crippen molar-refractivity contribution < 1.29 is 36.7 Å². The maximum atomic E-state index is 12.7. The molecule has 11 heteroatoms. The molecular formula is C21H14F3N3O5. The first-order chi connectivity index (χ1) is 15.2. The number of carbonyl (C=O) groups excluding carboxylic acids is 3. The van der Waals surface area contributed by atoms with Gasteiger partial charge in [-0.15, -0.1) is 0 Å². The van der Waals surface area contributed by atoms with Crippen LogP contribution in [0.15, 0.2) is 76.4 Å². The van der Waals surface area contributed by atoms with Gasteiger partial charge in [0.05, 0.1) is 18.0 Å². The van der Waals surface area contributed by atoms with Gasteiger partial charge in [0, 0.05) is 5.69 Å². The van der Waals surface area contributed by atoms with E-state index < -0.39 is 29.5 Å². The summed E-state index contributed by atoms with van der Waals surface area (Å²) < 4.78 is 48.2. The summed E-state index contributed by atoms with van der Waals surface area (Å²) in [4.78, 5) is 35.6. The van der Waals surface area contributed by atoms with Crippen LogP contribution in [0.1, 0.15) is 21.7 Å². The van der Waals surface area contributed by atoms with Crippen LogP contribution in [0.25, 0.3) is 0 Å². The number of alkyl halides is 3. The maximum Gasteiger partial charge on any atom is 0.416 e. The van der Waals surface area contributed by atoms with Gasteiger partial charge in [0.1, 0.15) is 5.75 Å². The Morgan fingerprint density at radius 2 is 1.75 bits per heavy atom. The molecule has 3 rings (SSSR count). The lowest BCUT2D eigenvalue weighted by molar-refractivity contribution is -0.137. The summed E-state index contributed by atoms with van der Waals surface area (Å²) in [5.74, 6) is -2.91. The van der Waals surface area contributed by atoms with E-state index in [1.807, 2.05) is 5.43 Å². The topological polar surface area (TPSA) is 110 Å². The zero-order valence-electron chi connectivity index (χ0n) is 16.1. The molecule has 164 valence electrons. The molecule has 8 nitrogen and oxygen atoms in total. The van der Waals surface area contributed by atoms with Gasteiger partial charge in [0.25, 0.3) is 0 Å². The lowest BCUT2D eigenvalue weighted by Crippen LogP contribution is -2.32. The number of ether oxygens (including phenoxy) is 1.